The molecule has 0 aliphatic carbocycles. The van der Waals surface area contributed by atoms with Gasteiger partial charge in [-0.3, -0.25) is 0 Å². The fourth-order valence-corrected chi connectivity index (χ4v) is 9.94. The minimum Gasteiger partial charge on any atom is -0.509 e. The summed E-state index contributed by atoms with van der Waals surface area (Å²) in [5.74, 6) is 2.09. The van der Waals surface area contributed by atoms with Crippen molar-refractivity contribution in [1.29, 1.82) is 0 Å². The van der Waals surface area contributed by atoms with Gasteiger partial charge in [0.25, 0.3) is 0 Å². The van der Waals surface area contributed by atoms with Crippen LogP contribution in [0.3, 0.4) is 0 Å². The molecule has 0 bridgehead atoms. The van der Waals surface area contributed by atoms with Gasteiger partial charge in [0.15, 0.2) is 0 Å². The van der Waals surface area contributed by atoms with E-state index >= 15 is 0 Å². The number of aryl methyl sites for hydroxylation is 4. The first kappa shape index (κ1) is 46.7. The number of anilines is 3. The molecule has 1 aliphatic rings. The summed E-state index contributed by atoms with van der Waals surface area (Å²) >= 11 is 0. The zero-order valence-electron chi connectivity index (χ0n) is 40.6. The van der Waals surface area contributed by atoms with Gasteiger partial charge < -0.3 is 19.1 Å². The predicted molar refractivity (Wildman–Crippen MR) is 280 cm³/mol. The molecular weight excluding hydrogens is 1010 g/mol. The average Bonchev–Trinajstić information content (AvgIpc) is 3.84. The van der Waals surface area contributed by atoms with Crippen molar-refractivity contribution < 1.29 is 25.8 Å². The third-order valence-corrected chi connectivity index (χ3v) is 13.3. The van der Waals surface area contributed by atoms with E-state index in [9.17, 15) is 0 Å². The summed E-state index contributed by atoms with van der Waals surface area (Å²) in [5.41, 5.74) is 17.7. The fourth-order valence-electron chi connectivity index (χ4n) is 9.94. The van der Waals surface area contributed by atoms with Crippen LogP contribution >= 0.6 is 0 Å². The minimum atomic E-state index is -0.0311. The van der Waals surface area contributed by atoms with Gasteiger partial charge in [0.2, 0.25) is 0 Å². The van der Waals surface area contributed by atoms with Gasteiger partial charge in [-0.1, -0.05) is 144 Å². The van der Waals surface area contributed by atoms with Gasteiger partial charge in [-0.15, -0.1) is 47.0 Å². The van der Waals surface area contributed by atoms with E-state index in [0.29, 0.717) is 11.5 Å². The molecule has 0 amide bonds. The Morgan fingerprint density at radius 3 is 2.06 bits per heavy atom. The maximum atomic E-state index is 6.93. The molecule has 0 unspecified atom stereocenters. The molecule has 2 aromatic heterocycles. The Labute approximate surface area is 417 Å². The molecule has 0 atom stereocenters. The smallest absolute Gasteiger partial charge is 0.135 e. The molecular formula is C62H59N4OPt-3. The second-order valence-corrected chi connectivity index (χ2v) is 20.3. The predicted octanol–water partition coefficient (Wildman–Crippen LogP) is 16.1. The van der Waals surface area contributed by atoms with Crippen LogP contribution in [0.2, 0.25) is 0 Å². The Kier molecular flexibility index (Phi) is 12.8. The number of nitrogens with zero attached hydrogens (tertiary/aromatic N) is 4. The van der Waals surface area contributed by atoms with E-state index < -0.39 is 0 Å². The quantitative estimate of drug-likeness (QED) is 0.128. The number of hydrogen-bond acceptors (Lipinski definition) is 4. The molecule has 0 saturated carbocycles. The van der Waals surface area contributed by atoms with Gasteiger partial charge in [0.1, 0.15) is 5.82 Å². The number of para-hydroxylation sites is 3. The number of pyridine rings is 1. The van der Waals surface area contributed by atoms with Gasteiger partial charge in [0.05, 0.1) is 0 Å². The van der Waals surface area contributed by atoms with E-state index in [-0.39, 0.29) is 31.9 Å². The first-order valence-corrected chi connectivity index (χ1v) is 23.6. The molecule has 0 saturated heterocycles. The topological polar surface area (TPSA) is 33.5 Å². The van der Waals surface area contributed by atoms with Gasteiger partial charge in [0, 0.05) is 55.7 Å². The first-order valence-electron chi connectivity index (χ1n) is 23.6. The van der Waals surface area contributed by atoms with E-state index in [2.05, 4.69) is 235 Å². The monoisotopic (exact) mass is 1070 g/mol. The molecule has 68 heavy (non-hydrogen) atoms. The van der Waals surface area contributed by atoms with E-state index in [1.807, 2.05) is 12.3 Å². The molecule has 0 fully saturated rings. The van der Waals surface area contributed by atoms with Gasteiger partial charge >= 0.3 is 0 Å². The van der Waals surface area contributed by atoms with Crippen LogP contribution in [0.25, 0.3) is 49.9 Å². The zero-order chi connectivity index (χ0) is 46.6. The van der Waals surface area contributed by atoms with Crippen molar-refractivity contribution in [3.63, 3.8) is 0 Å². The number of rotatable bonds is 10. The van der Waals surface area contributed by atoms with Crippen molar-refractivity contribution >= 4 is 38.9 Å². The Bertz CT molecular complexity index is 3280. The van der Waals surface area contributed by atoms with Gasteiger partial charge in [-0.05, 0) is 131 Å². The van der Waals surface area contributed by atoms with Crippen molar-refractivity contribution in [3.8, 4) is 39.6 Å². The number of hydrogen-bond donors (Lipinski definition) is 0. The van der Waals surface area contributed by atoms with Gasteiger partial charge in [-0.2, -0.15) is 12.7 Å². The summed E-state index contributed by atoms with van der Waals surface area (Å²) in [6.07, 6.45) is 3.86. The van der Waals surface area contributed by atoms with E-state index in [4.69, 9.17) is 9.72 Å². The summed E-state index contributed by atoms with van der Waals surface area (Å²) in [5, 5.41) is 2.24. The number of fused-ring (bicyclic) bond motifs is 4. The van der Waals surface area contributed by atoms with Crippen LogP contribution in [0.15, 0.2) is 152 Å². The molecule has 0 N–H and O–H groups in total. The Hall–Kier alpha value is -6.42. The molecule has 0 spiro atoms. The van der Waals surface area contributed by atoms with E-state index in [1.54, 1.807) is 0 Å². The number of ether oxygens (including phenoxy) is 1. The van der Waals surface area contributed by atoms with Gasteiger partial charge in [-0.25, -0.2) is 4.98 Å². The third kappa shape index (κ3) is 9.14. The summed E-state index contributed by atoms with van der Waals surface area (Å²) in [6, 6.07) is 59.9. The van der Waals surface area contributed by atoms with E-state index in [0.717, 1.165) is 63.9 Å². The summed E-state index contributed by atoms with van der Waals surface area (Å²) < 4.78 is 9.14. The fraction of sp³-hybridized carbons (Fsp3) is 0.226. The van der Waals surface area contributed by atoms with Crippen LogP contribution in [0.1, 0.15) is 81.3 Å². The second kappa shape index (κ2) is 18.6. The molecule has 5 nitrogen and oxygen atoms in total. The molecule has 346 valence electrons. The largest absolute Gasteiger partial charge is 0.509 e. The SMILES string of the molecule is Cc1cc(C)c(-c2cc(Oc3[c-]c4c(cc3)c3ccccc3n4-c3cc(C(C)(C)C)ccn3)[c-]c(N3[CH-]N(CCCc4cc(C(C)(C)C)ccc4-c4ccccc4)c4ccccc43)c2)c(C)c1.[Pt]. The molecule has 6 heteroatoms. The second-order valence-electron chi connectivity index (χ2n) is 20.3. The van der Waals surface area contributed by atoms with Crippen LogP contribution in [0, 0.1) is 39.6 Å². The summed E-state index contributed by atoms with van der Waals surface area (Å²) in [4.78, 5) is 9.58. The molecule has 3 heterocycles. The maximum Gasteiger partial charge on any atom is 0.135 e. The number of benzene rings is 7. The normalized spacial score (nSPS) is 12.7. The maximum absolute atomic E-state index is 6.93. The van der Waals surface area contributed by atoms with E-state index in [1.165, 1.54) is 55.8 Å². The standard InChI is InChI=1S/C62H59N4O.Pt/c1-41-32-42(2)60(43(3)33-41)46-35-49(38-51(36-46)67-50-26-28-54-53-21-13-14-22-55(53)66(58(54)39-50)59-37-48(29-30-63-59)62(7,8)9)65-40-64(56-23-15-16-24-57(56)65)31-17-20-45-34-47(61(4,5)6)25-27-52(45)44-18-11-10-12-19-44;/h10-16,18-19,21-30,32-37,40H,17,20,31H2,1-9H3;/q-3;. The molecule has 1 aliphatic heterocycles. The van der Waals surface area contributed by atoms with Crippen molar-refractivity contribution in [1.82, 2.24) is 9.55 Å². The average molecular weight is 1070 g/mol. The minimum absolute atomic E-state index is 0. The van der Waals surface area contributed by atoms with Crippen molar-refractivity contribution in [2.24, 2.45) is 0 Å². The first-order chi connectivity index (χ1) is 32.2. The van der Waals surface area contributed by atoms with Crippen LogP contribution < -0.4 is 14.5 Å². The summed E-state index contributed by atoms with van der Waals surface area (Å²) in [6.45, 7) is 23.3. The van der Waals surface area contributed by atoms with Crippen LogP contribution in [0.4, 0.5) is 17.1 Å². The Morgan fingerprint density at radius 1 is 0.618 bits per heavy atom. The third-order valence-electron chi connectivity index (χ3n) is 13.3. The van der Waals surface area contributed by atoms with Crippen LogP contribution in [-0.2, 0) is 38.3 Å². The van der Waals surface area contributed by atoms with Crippen molar-refractivity contribution in [2.45, 2.75) is 86.0 Å². The molecule has 7 aromatic carbocycles. The summed E-state index contributed by atoms with van der Waals surface area (Å²) in [7, 11) is 0. The molecule has 0 radical (unpaired) electrons. The zero-order valence-corrected chi connectivity index (χ0v) is 42.9. The Balaban J connectivity index is 0.00000578. The van der Waals surface area contributed by atoms with Crippen LogP contribution in [-0.4, -0.2) is 16.1 Å². The van der Waals surface area contributed by atoms with Crippen molar-refractivity contribution in [3.05, 3.63) is 204 Å². The Morgan fingerprint density at radius 2 is 1.31 bits per heavy atom. The molecule has 10 rings (SSSR count). The van der Waals surface area contributed by atoms with Crippen LogP contribution in [0.5, 0.6) is 11.5 Å². The van der Waals surface area contributed by atoms with Crippen molar-refractivity contribution in [2.75, 3.05) is 16.3 Å². The number of aromatic nitrogens is 2. The molecule has 9 aromatic rings.